The molecule has 4 aromatic rings. The molecule has 9 nitrogen and oxygen atoms in total. The smallest absolute Gasteiger partial charge is 0.267 e. The van der Waals surface area contributed by atoms with Gasteiger partial charge in [-0.25, -0.2) is 10.1 Å². The van der Waals surface area contributed by atoms with E-state index in [0.29, 0.717) is 11.3 Å². The van der Waals surface area contributed by atoms with Crippen LogP contribution in [-0.4, -0.2) is 31.8 Å². The fraction of sp³-hybridized carbons (Fsp3) is 0. The van der Waals surface area contributed by atoms with Crippen molar-refractivity contribution in [2.24, 2.45) is 5.10 Å². The van der Waals surface area contributed by atoms with Crippen LogP contribution in [0, 0.1) is 10.1 Å². The summed E-state index contributed by atoms with van der Waals surface area (Å²) in [6.07, 6.45) is 6.62. The quantitative estimate of drug-likeness (QED) is 0.295. The fourth-order valence-corrected chi connectivity index (χ4v) is 2.91. The highest BCUT2D eigenvalue weighted by molar-refractivity contribution is 5.96. The molecule has 0 fully saturated rings. The Kier molecular flexibility index (Phi) is 5.57. The minimum atomic E-state index is -0.557. The summed E-state index contributed by atoms with van der Waals surface area (Å²) in [6, 6.07) is 18.7. The van der Waals surface area contributed by atoms with Crippen LogP contribution in [0.1, 0.15) is 15.9 Å². The lowest BCUT2D eigenvalue weighted by molar-refractivity contribution is -0.384. The lowest BCUT2D eigenvalue weighted by atomic mass is 10.1. The number of nitrogens with one attached hydrogen (secondary N) is 1. The number of hydrogen-bond donors (Lipinski definition) is 1. The van der Waals surface area contributed by atoms with Gasteiger partial charge in [0, 0.05) is 47.4 Å². The summed E-state index contributed by atoms with van der Waals surface area (Å²) < 4.78 is 1.72. The van der Waals surface area contributed by atoms with Crippen LogP contribution in [0.25, 0.3) is 16.9 Å². The average Bonchev–Trinajstić information content (AvgIpc) is 3.24. The Morgan fingerprint density at radius 2 is 1.84 bits per heavy atom. The van der Waals surface area contributed by atoms with Gasteiger partial charge in [-0.05, 0) is 30.3 Å². The Bertz CT molecular complexity index is 1250. The molecular weight excluding hydrogens is 396 g/mol. The number of hydrogen-bond acceptors (Lipinski definition) is 6. The van der Waals surface area contributed by atoms with Crippen LogP contribution in [0.3, 0.4) is 0 Å². The van der Waals surface area contributed by atoms with Crippen LogP contribution in [0.4, 0.5) is 5.69 Å². The summed E-state index contributed by atoms with van der Waals surface area (Å²) in [7, 11) is 0. The number of non-ortho nitro benzene ring substituents is 1. The van der Waals surface area contributed by atoms with Crippen LogP contribution >= 0.6 is 0 Å². The Hall–Kier alpha value is -4.66. The molecule has 0 aliphatic rings. The van der Waals surface area contributed by atoms with Crippen molar-refractivity contribution in [2.75, 3.05) is 0 Å². The number of aromatic nitrogens is 3. The normalized spacial score (nSPS) is 10.8. The SMILES string of the molecule is O=C(N/N=C\c1cn(-c2ccccc2)nc1-c1ccncc1)c1cccc([N+](=O)[O-])c1. The van der Waals surface area contributed by atoms with Crippen molar-refractivity contribution in [2.45, 2.75) is 0 Å². The van der Waals surface area contributed by atoms with E-state index < -0.39 is 10.8 Å². The first-order chi connectivity index (χ1) is 15.1. The molecule has 0 unspecified atom stereocenters. The highest BCUT2D eigenvalue weighted by Crippen LogP contribution is 2.22. The van der Waals surface area contributed by atoms with Gasteiger partial charge in [-0.3, -0.25) is 19.9 Å². The number of nitro benzene ring substituents is 1. The third-order valence-corrected chi connectivity index (χ3v) is 4.41. The van der Waals surface area contributed by atoms with Gasteiger partial charge in [-0.1, -0.05) is 24.3 Å². The molecule has 0 aliphatic heterocycles. The van der Waals surface area contributed by atoms with Crippen molar-refractivity contribution in [3.63, 3.8) is 0 Å². The van der Waals surface area contributed by atoms with Crippen molar-refractivity contribution < 1.29 is 9.72 Å². The molecule has 0 saturated heterocycles. The number of benzene rings is 2. The zero-order chi connectivity index (χ0) is 21.6. The molecule has 2 aromatic heterocycles. The molecule has 0 bridgehead atoms. The summed E-state index contributed by atoms with van der Waals surface area (Å²) in [4.78, 5) is 26.7. The number of pyridine rings is 1. The van der Waals surface area contributed by atoms with E-state index in [2.05, 4.69) is 20.6 Å². The second kappa shape index (κ2) is 8.78. The second-order valence-corrected chi connectivity index (χ2v) is 6.46. The molecule has 1 amide bonds. The van der Waals surface area contributed by atoms with Gasteiger partial charge in [-0.2, -0.15) is 10.2 Å². The third-order valence-electron chi connectivity index (χ3n) is 4.41. The molecule has 9 heteroatoms. The van der Waals surface area contributed by atoms with E-state index in [-0.39, 0.29) is 11.3 Å². The first-order valence-corrected chi connectivity index (χ1v) is 9.25. The molecule has 2 heterocycles. The lowest BCUT2D eigenvalue weighted by Crippen LogP contribution is -2.17. The predicted molar refractivity (Wildman–Crippen MR) is 115 cm³/mol. The van der Waals surface area contributed by atoms with Gasteiger partial charge in [0.25, 0.3) is 11.6 Å². The van der Waals surface area contributed by atoms with Crippen molar-refractivity contribution in [1.29, 1.82) is 0 Å². The molecule has 0 aliphatic carbocycles. The zero-order valence-electron chi connectivity index (χ0n) is 16.1. The van der Waals surface area contributed by atoms with Crippen molar-refractivity contribution >= 4 is 17.8 Å². The number of hydrazone groups is 1. The minimum Gasteiger partial charge on any atom is -0.267 e. The second-order valence-electron chi connectivity index (χ2n) is 6.46. The van der Waals surface area contributed by atoms with Crippen molar-refractivity contribution in [3.8, 4) is 16.9 Å². The third kappa shape index (κ3) is 4.51. The Balaban J connectivity index is 1.60. The van der Waals surface area contributed by atoms with Gasteiger partial charge in [0.2, 0.25) is 0 Å². The molecule has 4 rings (SSSR count). The Morgan fingerprint density at radius 1 is 1.06 bits per heavy atom. The predicted octanol–water partition coefficient (Wildman–Crippen LogP) is 3.61. The molecule has 0 saturated carbocycles. The lowest BCUT2D eigenvalue weighted by Gasteiger charge is -2.00. The minimum absolute atomic E-state index is 0.140. The van der Waals surface area contributed by atoms with E-state index in [1.54, 1.807) is 23.3 Å². The maximum absolute atomic E-state index is 12.3. The van der Waals surface area contributed by atoms with Gasteiger partial charge < -0.3 is 0 Å². The highest BCUT2D eigenvalue weighted by atomic mass is 16.6. The Morgan fingerprint density at radius 3 is 2.58 bits per heavy atom. The van der Waals surface area contributed by atoms with Crippen molar-refractivity contribution in [3.05, 3.63) is 107 Å². The number of rotatable bonds is 6. The van der Waals surface area contributed by atoms with E-state index in [4.69, 9.17) is 0 Å². The fourth-order valence-electron chi connectivity index (χ4n) is 2.91. The number of nitro groups is 1. The van der Waals surface area contributed by atoms with Crippen LogP contribution in [0.2, 0.25) is 0 Å². The molecule has 0 atom stereocenters. The maximum Gasteiger partial charge on any atom is 0.271 e. The molecule has 1 N–H and O–H groups in total. The average molecular weight is 412 g/mol. The Labute approximate surface area is 176 Å². The van der Waals surface area contributed by atoms with E-state index in [9.17, 15) is 14.9 Å². The summed E-state index contributed by atoms with van der Waals surface area (Å²) >= 11 is 0. The first kappa shape index (κ1) is 19.6. The van der Waals surface area contributed by atoms with Crippen LogP contribution < -0.4 is 5.43 Å². The molecule has 0 radical (unpaired) electrons. The number of carbonyl (C=O) groups excluding carboxylic acids is 1. The van der Waals surface area contributed by atoms with E-state index in [1.165, 1.54) is 30.5 Å². The summed E-state index contributed by atoms with van der Waals surface area (Å²) in [6.45, 7) is 0. The zero-order valence-corrected chi connectivity index (χ0v) is 16.1. The van der Waals surface area contributed by atoms with Gasteiger partial charge in [-0.15, -0.1) is 0 Å². The number of carbonyl (C=O) groups is 1. The summed E-state index contributed by atoms with van der Waals surface area (Å²) in [5.41, 5.74) is 5.43. The van der Waals surface area contributed by atoms with E-state index in [1.807, 2.05) is 42.5 Å². The van der Waals surface area contributed by atoms with Crippen LogP contribution in [0.15, 0.2) is 90.4 Å². The summed E-state index contributed by atoms with van der Waals surface area (Å²) in [5.74, 6) is -0.555. The van der Waals surface area contributed by atoms with Gasteiger partial charge >= 0.3 is 0 Å². The van der Waals surface area contributed by atoms with Gasteiger partial charge in [0.15, 0.2) is 0 Å². The standard InChI is InChI=1S/C22H16N6O3/c29-22(17-5-4-8-20(13-17)28(30)31)25-24-14-18-15-27(19-6-2-1-3-7-19)26-21(18)16-9-11-23-12-10-16/h1-15H,(H,25,29)/b24-14-. The summed E-state index contributed by atoms with van der Waals surface area (Å²) in [5, 5.41) is 19.6. The van der Waals surface area contributed by atoms with E-state index in [0.717, 1.165) is 11.3 Å². The molecule has 31 heavy (non-hydrogen) atoms. The topological polar surface area (TPSA) is 115 Å². The van der Waals surface area contributed by atoms with Gasteiger partial charge in [0.05, 0.1) is 16.8 Å². The number of para-hydroxylation sites is 1. The van der Waals surface area contributed by atoms with E-state index >= 15 is 0 Å². The molecule has 0 spiro atoms. The van der Waals surface area contributed by atoms with Crippen molar-refractivity contribution in [1.82, 2.24) is 20.2 Å². The molecule has 152 valence electrons. The monoisotopic (exact) mass is 412 g/mol. The first-order valence-electron chi connectivity index (χ1n) is 9.25. The van der Waals surface area contributed by atoms with Crippen LogP contribution in [-0.2, 0) is 0 Å². The van der Waals surface area contributed by atoms with Gasteiger partial charge in [0.1, 0.15) is 5.69 Å². The molecule has 2 aromatic carbocycles. The largest absolute Gasteiger partial charge is 0.271 e. The number of amides is 1. The highest BCUT2D eigenvalue weighted by Gasteiger charge is 2.13. The number of nitrogens with zero attached hydrogens (tertiary/aromatic N) is 5. The maximum atomic E-state index is 12.3. The molecular formula is C22H16N6O3. The van der Waals surface area contributed by atoms with Crippen LogP contribution in [0.5, 0.6) is 0 Å².